The molecule has 0 saturated carbocycles. The molecule has 4 nitrogen and oxygen atoms in total. The lowest BCUT2D eigenvalue weighted by Crippen LogP contribution is -2.10. The van der Waals surface area contributed by atoms with Crippen molar-refractivity contribution in [3.63, 3.8) is 0 Å². The first-order chi connectivity index (χ1) is 10.2. The average molecular weight is 298 g/mol. The Morgan fingerprint density at radius 1 is 1.14 bits per heavy atom. The fourth-order valence-corrected chi connectivity index (χ4v) is 2.21. The SMILES string of the molecule is Cc1ccc(C(=O)c2cnnn2-c2ccccc2)cc1Cl. The van der Waals surface area contributed by atoms with Gasteiger partial charge in [0.2, 0.25) is 5.78 Å². The number of para-hydroxylation sites is 1. The summed E-state index contributed by atoms with van der Waals surface area (Å²) in [5, 5.41) is 8.40. The molecule has 0 bridgehead atoms. The van der Waals surface area contributed by atoms with Crippen LogP contribution in [-0.4, -0.2) is 20.8 Å². The van der Waals surface area contributed by atoms with Gasteiger partial charge >= 0.3 is 0 Å². The monoisotopic (exact) mass is 297 g/mol. The first-order valence-electron chi connectivity index (χ1n) is 6.44. The van der Waals surface area contributed by atoms with Crippen LogP contribution in [0.25, 0.3) is 5.69 Å². The maximum Gasteiger partial charge on any atom is 0.213 e. The van der Waals surface area contributed by atoms with E-state index in [1.807, 2.05) is 43.3 Å². The minimum Gasteiger partial charge on any atom is -0.287 e. The van der Waals surface area contributed by atoms with Crippen LogP contribution in [0.3, 0.4) is 0 Å². The largest absolute Gasteiger partial charge is 0.287 e. The molecule has 0 aliphatic heterocycles. The van der Waals surface area contributed by atoms with Crippen molar-refractivity contribution in [3.8, 4) is 5.69 Å². The summed E-state index contributed by atoms with van der Waals surface area (Å²) >= 11 is 6.09. The number of halogens is 1. The van der Waals surface area contributed by atoms with Crippen LogP contribution in [0, 0.1) is 6.92 Å². The van der Waals surface area contributed by atoms with E-state index >= 15 is 0 Å². The number of nitrogens with zero attached hydrogens (tertiary/aromatic N) is 3. The fourth-order valence-electron chi connectivity index (χ4n) is 2.03. The van der Waals surface area contributed by atoms with Crippen LogP contribution in [-0.2, 0) is 0 Å². The average Bonchev–Trinajstić information content (AvgIpc) is 2.99. The molecule has 3 rings (SSSR count). The molecule has 0 unspecified atom stereocenters. The molecule has 0 aliphatic rings. The van der Waals surface area contributed by atoms with Gasteiger partial charge in [-0.05, 0) is 30.7 Å². The molecule has 1 heterocycles. The summed E-state index contributed by atoms with van der Waals surface area (Å²) in [5.74, 6) is -0.161. The van der Waals surface area contributed by atoms with Crippen molar-refractivity contribution in [1.82, 2.24) is 15.0 Å². The first-order valence-corrected chi connectivity index (χ1v) is 6.81. The van der Waals surface area contributed by atoms with Gasteiger partial charge in [-0.3, -0.25) is 4.79 Å². The smallest absolute Gasteiger partial charge is 0.213 e. The highest BCUT2D eigenvalue weighted by atomic mass is 35.5. The molecule has 0 spiro atoms. The Morgan fingerprint density at radius 3 is 2.62 bits per heavy atom. The summed E-state index contributed by atoms with van der Waals surface area (Å²) in [6, 6.07) is 14.7. The Bertz CT molecular complexity index is 796. The Kier molecular flexibility index (Phi) is 3.54. The summed E-state index contributed by atoms with van der Waals surface area (Å²) in [6.07, 6.45) is 1.46. The molecule has 0 amide bonds. The maximum atomic E-state index is 12.6. The van der Waals surface area contributed by atoms with Crippen molar-refractivity contribution in [1.29, 1.82) is 0 Å². The van der Waals surface area contributed by atoms with Gasteiger partial charge in [-0.15, -0.1) is 5.10 Å². The Labute approximate surface area is 127 Å². The van der Waals surface area contributed by atoms with Crippen LogP contribution in [0.15, 0.2) is 54.7 Å². The topological polar surface area (TPSA) is 47.8 Å². The van der Waals surface area contributed by atoms with Crippen LogP contribution in [0.4, 0.5) is 0 Å². The number of aromatic nitrogens is 3. The molecule has 0 saturated heterocycles. The normalized spacial score (nSPS) is 10.6. The number of ketones is 1. The predicted molar refractivity (Wildman–Crippen MR) is 81.0 cm³/mol. The van der Waals surface area contributed by atoms with Crippen LogP contribution in [0.1, 0.15) is 21.6 Å². The quantitative estimate of drug-likeness (QED) is 0.696. The minimum absolute atomic E-state index is 0.161. The third kappa shape index (κ3) is 2.58. The third-order valence-corrected chi connectivity index (χ3v) is 3.62. The molecule has 104 valence electrons. The predicted octanol–water partition coefficient (Wildman–Crippen LogP) is 3.46. The minimum atomic E-state index is -0.161. The molecule has 1 aromatic heterocycles. The van der Waals surface area contributed by atoms with E-state index in [9.17, 15) is 4.79 Å². The second-order valence-corrected chi connectivity index (χ2v) is 5.07. The molecular formula is C16H12ClN3O. The molecule has 3 aromatic rings. The van der Waals surface area contributed by atoms with Gasteiger partial charge in [-0.1, -0.05) is 47.1 Å². The number of hydrogen-bond donors (Lipinski definition) is 0. The second-order valence-electron chi connectivity index (χ2n) is 4.66. The number of aryl methyl sites for hydroxylation is 1. The number of carbonyl (C=O) groups excluding carboxylic acids is 1. The molecule has 0 aliphatic carbocycles. The lowest BCUT2D eigenvalue weighted by molar-refractivity contribution is 0.103. The molecule has 0 atom stereocenters. The van der Waals surface area contributed by atoms with E-state index in [1.165, 1.54) is 10.9 Å². The summed E-state index contributed by atoms with van der Waals surface area (Å²) < 4.78 is 1.52. The van der Waals surface area contributed by atoms with Gasteiger partial charge in [0.25, 0.3) is 0 Å². The van der Waals surface area contributed by atoms with Crippen molar-refractivity contribution in [3.05, 3.63) is 76.6 Å². The highest BCUT2D eigenvalue weighted by Gasteiger charge is 2.17. The number of rotatable bonds is 3. The zero-order valence-electron chi connectivity index (χ0n) is 11.3. The Morgan fingerprint density at radius 2 is 1.90 bits per heavy atom. The van der Waals surface area contributed by atoms with Crippen LogP contribution >= 0.6 is 11.6 Å². The summed E-state index contributed by atoms with van der Waals surface area (Å²) in [7, 11) is 0. The molecule has 2 aromatic carbocycles. The van der Waals surface area contributed by atoms with Gasteiger partial charge in [0.15, 0.2) is 0 Å². The van der Waals surface area contributed by atoms with Gasteiger partial charge < -0.3 is 0 Å². The molecule has 0 N–H and O–H groups in total. The second kappa shape index (κ2) is 5.50. The van der Waals surface area contributed by atoms with E-state index in [4.69, 9.17) is 11.6 Å². The van der Waals surface area contributed by atoms with E-state index in [2.05, 4.69) is 10.3 Å². The zero-order chi connectivity index (χ0) is 14.8. The lowest BCUT2D eigenvalue weighted by atomic mass is 10.1. The van der Waals surface area contributed by atoms with Gasteiger partial charge in [-0.2, -0.15) is 0 Å². The Hall–Kier alpha value is -2.46. The maximum absolute atomic E-state index is 12.6. The van der Waals surface area contributed by atoms with E-state index in [0.717, 1.165) is 11.3 Å². The highest BCUT2D eigenvalue weighted by molar-refractivity contribution is 6.31. The van der Waals surface area contributed by atoms with Gasteiger partial charge in [0.1, 0.15) is 5.69 Å². The first kappa shape index (κ1) is 13.5. The van der Waals surface area contributed by atoms with E-state index in [0.29, 0.717) is 16.3 Å². The lowest BCUT2D eigenvalue weighted by Gasteiger charge is -2.06. The van der Waals surface area contributed by atoms with E-state index in [-0.39, 0.29) is 5.78 Å². The third-order valence-electron chi connectivity index (χ3n) is 3.22. The van der Waals surface area contributed by atoms with Crippen LogP contribution < -0.4 is 0 Å². The molecular weight excluding hydrogens is 286 g/mol. The zero-order valence-corrected chi connectivity index (χ0v) is 12.1. The highest BCUT2D eigenvalue weighted by Crippen LogP contribution is 2.19. The van der Waals surface area contributed by atoms with E-state index in [1.54, 1.807) is 12.1 Å². The summed E-state index contributed by atoms with van der Waals surface area (Å²) in [6.45, 7) is 1.90. The van der Waals surface area contributed by atoms with Crippen molar-refractivity contribution in [2.24, 2.45) is 0 Å². The van der Waals surface area contributed by atoms with Crippen LogP contribution in [0.2, 0.25) is 5.02 Å². The number of carbonyl (C=O) groups is 1. The van der Waals surface area contributed by atoms with Crippen molar-refractivity contribution >= 4 is 17.4 Å². The molecule has 0 radical (unpaired) electrons. The van der Waals surface area contributed by atoms with Crippen molar-refractivity contribution < 1.29 is 4.79 Å². The van der Waals surface area contributed by atoms with Gasteiger partial charge in [-0.25, -0.2) is 4.68 Å². The molecule has 0 fully saturated rings. The van der Waals surface area contributed by atoms with Crippen molar-refractivity contribution in [2.75, 3.05) is 0 Å². The van der Waals surface area contributed by atoms with Crippen LogP contribution in [0.5, 0.6) is 0 Å². The Balaban J connectivity index is 2.03. The summed E-state index contributed by atoms with van der Waals surface area (Å²) in [5.41, 5.74) is 2.64. The number of benzene rings is 2. The van der Waals surface area contributed by atoms with Gasteiger partial charge in [0, 0.05) is 10.6 Å². The van der Waals surface area contributed by atoms with Gasteiger partial charge in [0.05, 0.1) is 11.9 Å². The van der Waals surface area contributed by atoms with E-state index < -0.39 is 0 Å². The molecule has 5 heteroatoms. The van der Waals surface area contributed by atoms with Crippen molar-refractivity contribution in [2.45, 2.75) is 6.92 Å². The fraction of sp³-hybridized carbons (Fsp3) is 0.0625. The molecule has 21 heavy (non-hydrogen) atoms. The standard InChI is InChI=1S/C16H12ClN3O/c1-11-7-8-12(9-14(11)17)16(21)15-10-18-19-20(15)13-5-3-2-4-6-13/h2-10H,1H3. The number of hydrogen-bond acceptors (Lipinski definition) is 3. The summed E-state index contributed by atoms with van der Waals surface area (Å²) in [4.78, 5) is 12.6.